The highest BCUT2D eigenvalue weighted by Gasteiger charge is 2.18. The van der Waals surface area contributed by atoms with E-state index < -0.39 is 11.6 Å². The first-order chi connectivity index (χ1) is 13.5. The zero-order chi connectivity index (χ0) is 19.9. The summed E-state index contributed by atoms with van der Waals surface area (Å²) in [6.07, 6.45) is 2.97. The topological polar surface area (TPSA) is 23.6 Å². The van der Waals surface area contributed by atoms with Crippen LogP contribution in [0.4, 0.5) is 13.2 Å². The summed E-state index contributed by atoms with van der Waals surface area (Å²) in [5, 5.41) is 0. The monoisotopic (exact) mass is 388 g/mol. The Morgan fingerprint density at radius 1 is 0.893 bits per heavy atom. The van der Waals surface area contributed by atoms with E-state index >= 15 is 0 Å². The molecule has 2 aromatic carbocycles. The second-order valence-corrected chi connectivity index (χ2v) is 6.96. The maximum atomic E-state index is 13.6. The summed E-state index contributed by atoms with van der Waals surface area (Å²) in [4.78, 5) is 16.5. The third kappa shape index (κ3) is 5.78. The molecule has 1 heterocycles. The van der Waals surface area contributed by atoms with Gasteiger partial charge in [-0.15, -0.1) is 0 Å². The van der Waals surface area contributed by atoms with Crippen molar-refractivity contribution in [2.24, 2.45) is 0 Å². The van der Waals surface area contributed by atoms with E-state index in [1.807, 2.05) is 0 Å². The van der Waals surface area contributed by atoms with E-state index in [1.54, 1.807) is 12.1 Å². The molecule has 0 aliphatic carbocycles. The van der Waals surface area contributed by atoms with Crippen molar-refractivity contribution in [3.63, 3.8) is 0 Å². The number of rotatable bonds is 7. The molecule has 0 aromatic heterocycles. The summed E-state index contributed by atoms with van der Waals surface area (Å²) in [7, 11) is 0. The zero-order valence-corrected chi connectivity index (χ0v) is 15.6. The van der Waals surface area contributed by atoms with E-state index in [9.17, 15) is 18.0 Å². The van der Waals surface area contributed by atoms with Crippen LogP contribution < -0.4 is 0 Å². The van der Waals surface area contributed by atoms with Gasteiger partial charge in [0.25, 0.3) is 0 Å². The molecule has 1 aliphatic rings. The summed E-state index contributed by atoms with van der Waals surface area (Å²) in [6, 6.07) is 10.2. The molecule has 3 nitrogen and oxygen atoms in total. The predicted molar refractivity (Wildman–Crippen MR) is 103 cm³/mol. The fourth-order valence-corrected chi connectivity index (χ4v) is 3.25. The molecule has 1 saturated heterocycles. The number of hydrogen-bond acceptors (Lipinski definition) is 3. The number of ketones is 1. The van der Waals surface area contributed by atoms with E-state index in [2.05, 4.69) is 9.80 Å². The van der Waals surface area contributed by atoms with Crippen molar-refractivity contribution in [2.75, 3.05) is 32.7 Å². The Morgan fingerprint density at radius 3 is 2.14 bits per heavy atom. The van der Waals surface area contributed by atoms with Crippen LogP contribution in [0.3, 0.4) is 0 Å². The lowest BCUT2D eigenvalue weighted by molar-refractivity contribution is -0.119. The summed E-state index contributed by atoms with van der Waals surface area (Å²) < 4.78 is 40.1. The highest BCUT2D eigenvalue weighted by atomic mass is 19.1. The first-order valence-corrected chi connectivity index (χ1v) is 9.32. The van der Waals surface area contributed by atoms with Crippen LogP contribution in [0.25, 0.3) is 6.08 Å². The second-order valence-electron chi connectivity index (χ2n) is 6.96. The molecule has 0 saturated carbocycles. The molecule has 2 aromatic rings. The number of carbonyl (C=O) groups excluding carboxylic acids is 1. The minimum Gasteiger partial charge on any atom is -0.298 e. The van der Waals surface area contributed by atoms with Gasteiger partial charge in [-0.2, -0.15) is 0 Å². The largest absolute Gasteiger partial charge is 0.298 e. The molecule has 0 unspecified atom stereocenters. The molecule has 6 heteroatoms. The van der Waals surface area contributed by atoms with Crippen molar-refractivity contribution in [1.82, 2.24) is 9.80 Å². The molecule has 1 aliphatic heterocycles. The van der Waals surface area contributed by atoms with Crippen molar-refractivity contribution in [2.45, 2.75) is 13.0 Å². The predicted octanol–water partition coefficient (Wildman–Crippen LogP) is 3.89. The minimum atomic E-state index is -0.638. The Morgan fingerprint density at radius 2 is 1.50 bits per heavy atom. The Hall–Kier alpha value is -2.44. The number of benzene rings is 2. The molecule has 0 N–H and O–H groups in total. The fraction of sp³-hybridized carbons (Fsp3) is 0.318. The van der Waals surface area contributed by atoms with Gasteiger partial charge < -0.3 is 0 Å². The number of halogens is 3. The highest BCUT2D eigenvalue weighted by molar-refractivity contribution is 5.82. The zero-order valence-electron chi connectivity index (χ0n) is 15.6. The van der Waals surface area contributed by atoms with Crippen molar-refractivity contribution in [3.8, 4) is 0 Å². The van der Waals surface area contributed by atoms with Crippen LogP contribution in [0.15, 0.2) is 48.5 Å². The van der Waals surface area contributed by atoms with Crippen molar-refractivity contribution in [1.29, 1.82) is 0 Å². The smallest absolute Gasteiger partial charge is 0.150 e. The normalized spacial score (nSPS) is 16.0. The van der Waals surface area contributed by atoms with E-state index in [0.717, 1.165) is 38.3 Å². The van der Waals surface area contributed by atoms with Crippen molar-refractivity contribution in [3.05, 3.63) is 77.1 Å². The van der Waals surface area contributed by atoms with Gasteiger partial charge in [-0.25, -0.2) is 13.2 Å². The molecule has 0 amide bonds. The van der Waals surface area contributed by atoms with Crippen LogP contribution in [0.5, 0.6) is 0 Å². The molecule has 0 spiro atoms. The Kier molecular flexibility index (Phi) is 7.01. The van der Waals surface area contributed by atoms with Crippen LogP contribution in [0, 0.1) is 17.5 Å². The first-order valence-electron chi connectivity index (χ1n) is 9.32. The van der Waals surface area contributed by atoms with Gasteiger partial charge in [-0.3, -0.25) is 14.6 Å². The molecular weight excluding hydrogens is 365 g/mol. The molecule has 0 radical (unpaired) electrons. The van der Waals surface area contributed by atoms with Gasteiger partial charge in [0.2, 0.25) is 0 Å². The van der Waals surface area contributed by atoms with E-state index in [4.69, 9.17) is 0 Å². The number of hydrogen-bond donors (Lipinski definition) is 0. The number of carbonyl (C=O) groups is 1. The molecular formula is C22H23F3N2O. The van der Waals surface area contributed by atoms with Gasteiger partial charge in [0.15, 0.2) is 5.78 Å². The average Bonchev–Trinajstić information content (AvgIpc) is 2.67. The van der Waals surface area contributed by atoms with Crippen LogP contribution >= 0.6 is 0 Å². The summed E-state index contributed by atoms with van der Waals surface area (Å²) in [5.41, 5.74) is 0.946. The quantitative estimate of drug-likeness (QED) is 0.719. The van der Waals surface area contributed by atoms with Gasteiger partial charge in [-0.05, 0) is 29.8 Å². The minimum absolute atomic E-state index is 0.0139. The SMILES string of the molecule is O=C(CC=Cc1c(F)cccc1F)CN1CCN(Cc2ccc(F)cc2)CC1. The standard InChI is InChI=1S/C22H23F3N2O/c23-18-9-7-17(8-10-18)15-26-11-13-27(14-12-26)16-19(28)3-1-4-20-21(24)5-2-6-22(20)25/h1-2,4-10H,3,11-16H2. The second kappa shape index (κ2) is 9.66. The van der Waals surface area contributed by atoms with E-state index in [1.165, 1.54) is 42.5 Å². The molecule has 28 heavy (non-hydrogen) atoms. The lowest BCUT2D eigenvalue weighted by Gasteiger charge is -2.34. The van der Waals surface area contributed by atoms with E-state index in [0.29, 0.717) is 6.54 Å². The third-order valence-corrected chi connectivity index (χ3v) is 4.81. The van der Waals surface area contributed by atoms with Crippen molar-refractivity contribution >= 4 is 11.9 Å². The molecule has 0 bridgehead atoms. The third-order valence-electron chi connectivity index (χ3n) is 4.81. The lowest BCUT2D eigenvalue weighted by Crippen LogP contribution is -2.47. The summed E-state index contributed by atoms with van der Waals surface area (Å²) in [6.45, 7) is 4.31. The first kappa shape index (κ1) is 20.3. The summed E-state index contributed by atoms with van der Waals surface area (Å²) in [5.74, 6) is -1.50. The average molecular weight is 388 g/mol. The number of allylic oxidation sites excluding steroid dienone is 1. The number of Topliss-reactive ketones (excluding diaryl/α,β-unsaturated/α-hetero) is 1. The van der Waals surface area contributed by atoms with Gasteiger partial charge >= 0.3 is 0 Å². The molecule has 148 valence electrons. The van der Waals surface area contributed by atoms with Crippen LogP contribution in [-0.4, -0.2) is 48.3 Å². The summed E-state index contributed by atoms with van der Waals surface area (Å²) >= 11 is 0. The lowest BCUT2D eigenvalue weighted by atomic mass is 10.1. The Balaban J connectivity index is 1.41. The van der Waals surface area contributed by atoms with Crippen LogP contribution in [-0.2, 0) is 11.3 Å². The Labute approximate surface area is 163 Å². The van der Waals surface area contributed by atoms with Gasteiger partial charge in [0.1, 0.15) is 17.5 Å². The van der Waals surface area contributed by atoms with Gasteiger partial charge in [0, 0.05) is 44.7 Å². The molecule has 0 atom stereocenters. The fourth-order valence-electron chi connectivity index (χ4n) is 3.25. The number of nitrogens with zero attached hydrogens (tertiary/aromatic N) is 2. The highest BCUT2D eigenvalue weighted by Crippen LogP contribution is 2.14. The van der Waals surface area contributed by atoms with Crippen LogP contribution in [0.2, 0.25) is 0 Å². The van der Waals surface area contributed by atoms with Crippen molar-refractivity contribution < 1.29 is 18.0 Å². The Bertz CT molecular complexity index is 808. The maximum Gasteiger partial charge on any atom is 0.150 e. The number of piperazine rings is 1. The van der Waals surface area contributed by atoms with E-state index in [-0.39, 0.29) is 23.6 Å². The van der Waals surface area contributed by atoms with Gasteiger partial charge in [0.05, 0.1) is 6.54 Å². The van der Waals surface area contributed by atoms with Gasteiger partial charge in [-0.1, -0.05) is 30.4 Å². The maximum absolute atomic E-state index is 13.6. The molecule has 3 rings (SSSR count). The molecule has 1 fully saturated rings. The van der Waals surface area contributed by atoms with Crippen LogP contribution in [0.1, 0.15) is 17.5 Å².